The summed E-state index contributed by atoms with van der Waals surface area (Å²) in [6.07, 6.45) is 2.33. The number of nitrogens with zero attached hydrogens (tertiary/aromatic N) is 3. The van der Waals surface area contributed by atoms with Crippen LogP contribution in [0.1, 0.15) is 12.8 Å². The first kappa shape index (κ1) is 12.6. The lowest BCUT2D eigenvalue weighted by Crippen LogP contribution is -2.48. The second-order valence-corrected chi connectivity index (χ2v) is 4.99. The third kappa shape index (κ3) is 3.57. The zero-order chi connectivity index (χ0) is 12.1. The van der Waals surface area contributed by atoms with E-state index in [0.29, 0.717) is 0 Å². The van der Waals surface area contributed by atoms with E-state index >= 15 is 0 Å². The summed E-state index contributed by atoms with van der Waals surface area (Å²) >= 11 is 0. The Balaban J connectivity index is 1.68. The standard InChI is InChI=1S/C12H24N4O/c1-14(12(17)16-6-2-3-7-16)10-11-15-8-4-13-5-9-15/h13H,2-11H2,1H3. The van der Waals surface area contributed by atoms with Crippen LogP contribution in [0.25, 0.3) is 0 Å². The lowest BCUT2D eigenvalue weighted by molar-refractivity contribution is 0.160. The van der Waals surface area contributed by atoms with Crippen molar-refractivity contribution in [3.05, 3.63) is 0 Å². The molecule has 0 bridgehead atoms. The van der Waals surface area contributed by atoms with Crippen LogP contribution >= 0.6 is 0 Å². The number of hydrogen-bond acceptors (Lipinski definition) is 3. The minimum atomic E-state index is 0.206. The quantitative estimate of drug-likeness (QED) is 0.757. The Labute approximate surface area is 104 Å². The number of carbonyl (C=O) groups excluding carboxylic acids is 1. The van der Waals surface area contributed by atoms with E-state index in [1.54, 1.807) is 0 Å². The van der Waals surface area contributed by atoms with Gasteiger partial charge in [-0.25, -0.2) is 4.79 Å². The number of likely N-dealkylation sites (N-methyl/N-ethyl adjacent to an activating group) is 1. The zero-order valence-electron chi connectivity index (χ0n) is 10.8. The molecule has 0 spiro atoms. The monoisotopic (exact) mass is 240 g/mol. The van der Waals surface area contributed by atoms with Crippen LogP contribution in [0.5, 0.6) is 0 Å². The van der Waals surface area contributed by atoms with E-state index in [1.165, 1.54) is 0 Å². The van der Waals surface area contributed by atoms with Gasteiger partial charge >= 0.3 is 6.03 Å². The number of carbonyl (C=O) groups is 1. The van der Waals surface area contributed by atoms with Gasteiger partial charge < -0.3 is 15.1 Å². The van der Waals surface area contributed by atoms with Gasteiger partial charge in [-0.05, 0) is 12.8 Å². The van der Waals surface area contributed by atoms with Gasteiger partial charge in [0.05, 0.1) is 0 Å². The average Bonchev–Trinajstić information content (AvgIpc) is 2.90. The largest absolute Gasteiger partial charge is 0.326 e. The van der Waals surface area contributed by atoms with Gasteiger partial charge in [0, 0.05) is 59.4 Å². The smallest absolute Gasteiger partial charge is 0.319 e. The predicted octanol–water partition coefficient (Wildman–Crippen LogP) is 0.0392. The number of rotatable bonds is 3. The number of hydrogen-bond donors (Lipinski definition) is 1. The van der Waals surface area contributed by atoms with Crippen molar-refractivity contribution in [1.29, 1.82) is 0 Å². The Bertz CT molecular complexity index is 247. The summed E-state index contributed by atoms with van der Waals surface area (Å²) in [5.41, 5.74) is 0. The van der Waals surface area contributed by atoms with Crippen LogP contribution in [0.3, 0.4) is 0 Å². The molecule has 2 fully saturated rings. The Morgan fingerprint density at radius 2 is 1.82 bits per heavy atom. The maximum atomic E-state index is 12.0. The Hall–Kier alpha value is -0.810. The second kappa shape index (κ2) is 6.21. The van der Waals surface area contributed by atoms with Crippen molar-refractivity contribution < 1.29 is 4.79 Å². The van der Waals surface area contributed by atoms with E-state index in [1.807, 2.05) is 16.8 Å². The molecule has 1 N–H and O–H groups in total. The van der Waals surface area contributed by atoms with Gasteiger partial charge in [0.1, 0.15) is 0 Å². The molecule has 0 atom stereocenters. The van der Waals surface area contributed by atoms with Gasteiger partial charge in [-0.3, -0.25) is 4.90 Å². The summed E-state index contributed by atoms with van der Waals surface area (Å²) < 4.78 is 0. The van der Waals surface area contributed by atoms with E-state index in [4.69, 9.17) is 0 Å². The lowest BCUT2D eigenvalue weighted by atomic mass is 10.3. The first-order valence-corrected chi connectivity index (χ1v) is 6.70. The summed E-state index contributed by atoms with van der Waals surface area (Å²) in [6, 6.07) is 0.206. The lowest BCUT2D eigenvalue weighted by Gasteiger charge is -2.30. The van der Waals surface area contributed by atoms with Crippen LogP contribution < -0.4 is 5.32 Å². The molecule has 2 saturated heterocycles. The van der Waals surface area contributed by atoms with Gasteiger partial charge in [0.25, 0.3) is 0 Å². The molecule has 2 rings (SSSR count). The molecule has 5 heteroatoms. The number of urea groups is 1. The first-order chi connectivity index (χ1) is 8.27. The van der Waals surface area contributed by atoms with Gasteiger partial charge in [0.2, 0.25) is 0 Å². The summed E-state index contributed by atoms with van der Waals surface area (Å²) in [5, 5.41) is 3.34. The molecule has 2 aliphatic heterocycles. The van der Waals surface area contributed by atoms with Crippen LogP contribution in [0, 0.1) is 0 Å². The van der Waals surface area contributed by atoms with Crippen molar-refractivity contribution in [1.82, 2.24) is 20.0 Å². The fourth-order valence-electron chi connectivity index (χ4n) is 2.47. The molecule has 98 valence electrons. The SMILES string of the molecule is CN(CCN1CCNCC1)C(=O)N1CCCC1. The molecule has 0 unspecified atom stereocenters. The summed E-state index contributed by atoms with van der Waals surface area (Å²) in [5.74, 6) is 0. The van der Waals surface area contributed by atoms with E-state index < -0.39 is 0 Å². The van der Waals surface area contributed by atoms with Crippen LogP contribution in [0.4, 0.5) is 4.79 Å². The molecule has 0 aliphatic carbocycles. The highest BCUT2D eigenvalue weighted by Crippen LogP contribution is 2.09. The molecule has 0 aromatic rings. The molecule has 5 nitrogen and oxygen atoms in total. The topological polar surface area (TPSA) is 38.8 Å². The van der Waals surface area contributed by atoms with E-state index in [-0.39, 0.29) is 6.03 Å². The number of amides is 2. The van der Waals surface area contributed by atoms with Crippen molar-refractivity contribution in [3.63, 3.8) is 0 Å². The molecule has 0 radical (unpaired) electrons. The maximum absolute atomic E-state index is 12.0. The van der Waals surface area contributed by atoms with Gasteiger partial charge in [-0.2, -0.15) is 0 Å². The summed E-state index contributed by atoms with van der Waals surface area (Å²) in [7, 11) is 1.92. The molecule has 0 saturated carbocycles. The van der Waals surface area contributed by atoms with Crippen LogP contribution in [-0.4, -0.2) is 80.1 Å². The van der Waals surface area contributed by atoms with Crippen molar-refractivity contribution in [2.45, 2.75) is 12.8 Å². The molecular weight excluding hydrogens is 216 g/mol. The van der Waals surface area contributed by atoms with Crippen molar-refractivity contribution in [2.75, 3.05) is 59.4 Å². The fourth-order valence-corrected chi connectivity index (χ4v) is 2.47. The van der Waals surface area contributed by atoms with E-state index in [0.717, 1.165) is 65.2 Å². The number of nitrogens with one attached hydrogen (secondary N) is 1. The third-order valence-electron chi connectivity index (χ3n) is 3.66. The normalized spacial score (nSPS) is 21.8. The van der Waals surface area contributed by atoms with Gasteiger partial charge in [0.15, 0.2) is 0 Å². The van der Waals surface area contributed by atoms with E-state index in [9.17, 15) is 4.79 Å². The molecule has 2 heterocycles. The average molecular weight is 240 g/mol. The first-order valence-electron chi connectivity index (χ1n) is 6.70. The fraction of sp³-hybridized carbons (Fsp3) is 0.917. The van der Waals surface area contributed by atoms with Crippen LogP contribution in [0.2, 0.25) is 0 Å². The van der Waals surface area contributed by atoms with Gasteiger partial charge in [-0.15, -0.1) is 0 Å². The molecule has 0 aromatic carbocycles. The second-order valence-electron chi connectivity index (χ2n) is 4.99. The highest BCUT2D eigenvalue weighted by atomic mass is 16.2. The highest BCUT2D eigenvalue weighted by Gasteiger charge is 2.21. The van der Waals surface area contributed by atoms with Crippen molar-refractivity contribution in [2.24, 2.45) is 0 Å². The van der Waals surface area contributed by atoms with E-state index in [2.05, 4.69) is 10.2 Å². The molecule has 17 heavy (non-hydrogen) atoms. The van der Waals surface area contributed by atoms with Gasteiger partial charge in [-0.1, -0.05) is 0 Å². The number of piperazine rings is 1. The predicted molar refractivity (Wildman–Crippen MR) is 68.1 cm³/mol. The van der Waals surface area contributed by atoms with Crippen molar-refractivity contribution >= 4 is 6.03 Å². The molecule has 2 aliphatic rings. The Kier molecular flexibility index (Phi) is 4.62. The van der Waals surface area contributed by atoms with Crippen LogP contribution in [-0.2, 0) is 0 Å². The highest BCUT2D eigenvalue weighted by molar-refractivity contribution is 5.74. The molecule has 2 amide bonds. The van der Waals surface area contributed by atoms with Crippen LogP contribution in [0.15, 0.2) is 0 Å². The summed E-state index contributed by atoms with van der Waals surface area (Å²) in [4.78, 5) is 18.3. The minimum Gasteiger partial charge on any atom is -0.326 e. The van der Waals surface area contributed by atoms with Crippen molar-refractivity contribution in [3.8, 4) is 0 Å². The zero-order valence-corrected chi connectivity index (χ0v) is 10.8. The number of likely N-dealkylation sites (tertiary alicyclic amines) is 1. The molecular formula is C12H24N4O. The Morgan fingerprint density at radius 3 is 2.47 bits per heavy atom. The third-order valence-corrected chi connectivity index (χ3v) is 3.66. The molecule has 0 aromatic heterocycles. The minimum absolute atomic E-state index is 0.206. The summed E-state index contributed by atoms with van der Waals surface area (Å²) in [6.45, 7) is 8.08. The maximum Gasteiger partial charge on any atom is 0.319 e. The Morgan fingerprint density at radius 1 is 1.18 bits per heavy atom.